The predicted octanol–water partition coefficient (Wildman–Crippen LogP) is 3.74. The lowest BCUT2D eigenvalue weighted by Gasteiger charge is -2.13. The molecule has 1 heterocycles. The van der Waals surface area contributed by atoms with Gasteiger partial charge >= 0.3 is 0 Å². The number of nitrogens with one attached hydrogen (secondary N) is 1. The highest BCUT2D eigenvalue weighted by molar-refractivity contribution is 7.89. The molecule has 0 saturated heterocycles. The molecule has 2 aromatic rings. The number of rotatable bonds is 6. The summed E-state index contributed by atoms with van der Waals surface area (Å²) in [7, 11) is -3.46. The summed E-state index contributed by atoms with van der Waals surface area (Å²) in [5, 5.41) is 1.94. The Morgan fingerprint density at radius 3 is 2.45 bits per heavy atom. The van der Waals surface area contributed by atoms with Gasteiger partial charge < -0.3 is 0 Å². The number of hydrogen-bond donors (Lipinski definition) is 1. The van der Waals surface area contributed by atoms with E-state index in [1.165, 1.54) is 0 Å². The fourth-order valence-electron chi connectivity index (χ4n) is 2.02. The van der Waals surface area contributed by atoms with Crippen LogP contribution in [0, 0.1) is 0 Å². The summed E-state index contributed by atoms with van der Waals surface area (Å²) in [5.74, 6) is 0. The third-order valence-corrected chi connectivity index (χ3v) is 5.69. The highest BCUT2D eigenvalue weighted by atomic mass is 32.2. The fourth-order valence-corrected chi connectivity index (χ4v) is 4.05. The molecule has 0 aliphatic heterocycles. The Kier molecular flexibility index (Phi) is 4.96. The molecule has 0 saturated carbocycles. The van der Waals surface area contributed by atoms with Gasteiger partial charge in [-0.3, -0.25) is 0 Å². The summed E-state index contributed by atoms with van der Waals surface area (Å²) in [6, 6.07) is 10.8. The van der Waals surface area contributed by atoms with Crippen LogP contribution in [0.5, 0.6) is 0 Å². The van der Waals surface area contributed by atoms with Crippen molar-refractivity contribution in [3.63, 3.8) is 0 Å². The van der Waals surface area contributed by atoms with Gasteiger partial charge in [-0.1, -0.05) is 31.5 Å². The molecule has 1 atom stereocenters. The van der Waals surface area contributed by atoms with Crippen LogP contribution in [0.1, 0.15) is 36.8 Å². The first-order valence-electron chi connectivity index (χ1n) is 6.67. The Balaban J connectivity index is 2.13. The zero-order valence-electron chi connectivity index (χ0n) is 11.7. The number of hydrogen-bond acceptors (Lipinski definition) is 3. The summed E-state index contributed by atoms with van der Waals surface area (Å²) in [5.41, 5.74) is 1.16. The maximum atomic E-state index is 12.3. The summed E-state index contributed by atoms with van der Waals surface area (Å²) < 4.78 is 27.3. The van der Waals surface area contributed by atoms with Crippen molar-refractivity contribution in [1.29, 1.82) is 0 Å². The van der Waals surface area contributed by atoms with Crippen molar-refractivity contribution in [3.8, 4) is 0 Å². The first-order valence-corrected chi connectivity index (χ1v) is 9.04. The van der Waals surface area contributed by atoms with Crippen LogP contribution < -0.4 is 4.72 Å². The van der Waals surface area contributed by atoms with E-state index in [1.54, 1.807) is 23.5 Å². The zero-order chi connectivity index (χ0) is 14.6. The lowest BCUT2D eigenvalue weighted by Crippen LogP contribution is -2.26. The van der Waals surface area contributed by atoms with Gasteiger partial charge in [0.15, 0.2) is 0 Å². The topological polar surface area (TPSA) is 46.2 Å². The Bertz CT molecular complexity index is 631. The molecule has 0 amide bonds. The lowest BCUT2D eigenvalue weighted by molar-refractivity contribution is 0.568. The van der Waals surface area contributed by atoms with E-state index in [2.05, 4.69) is 11.6 Å². The first-order chi connectivity index (χ1) is 9.53. The van der Waals surface area contributed by atoms with Crippen LogP contribution in [0.3, 0.4) is 0 Å². The third-order valence-electron chi connectivity index (χ3n) is 3.07. The van der Waals surface area contributed by atoms with Crippen LogP contribution >= 0.6 is 11.3 Å². The minimum atomic E-state index is -3.46. The molecule has 3 nitrogen and oxygen atoms in total. The Morgan fingerprint density at radius 2 is 1.90 bits per heavy atom. The average molecular weight is 309 g/mol. The highest BCUT2D eigenvalue weighted by Gasteiger charge is 2.18. The van der Waals surface area contributed by atoms with Crippen LogP contribution in [-0.4, -0.2) is 8.42 Å². The number of thiophene rings is 1. The molecule has 0 aliphatic rings. The molecule has 0 bridgehead atoms. The predicted molar refractivity (Wildman–Crippen MR) is 83.5 cm³/mol. The standard InChI is InChI=1S/C15H19NO2S2/c1-3-5-13-7-9-14(10-8-13)20(17,18)16-12(2)15-6-4-11-19-15/h4,6-12,16H,3,5H2,1-2H3. The second-order valence-electron chi connectivity index (χ2n) is 4.75. The van der Waals surface area contributed by atoms with E-state index in [0.717, 1.165) is 23.3 Å². The van der Waals surface area contributed by atoms with Gasteiger partial charge in [-0.05, 0) is 42.5 Å². The summed E-state index contributed by atoms with van der Waals surface area (Å²) in [4.78, 5) is 1.33. The molecular weight excluding hydrogens is 290 g/mol. The molecule has 5 heteroatoms. The average Bonchev–Trinajstić information content (AvgIpc) is 2.93. The van der Waals surface area contributed by atoms with Gasteiger partial charge in [0.05, 0.1) is 10.9 Å². The molecular formula is C15H19NO2S2. The highest BCUT2D eigenvalue weighted by Crippen LogP contribution is 2.21. The SMILES string of the molecule is CCCc1ccc(S(=O)(=O)NC(C)c2cccs2)cc1. The van der Waals surface area contributed by atoms with E-state index >= 15 is 0 Å². The van der Waals surface area contributed by atoms with Gasteiger partial charge in [-0.2, -0.15) is 0 Å². The quantitative estimate of drug-likeness (QED) is 0.883. The molecule has 108 valence electrons. The zero-order valence-corrected chi connectivity index (χ0v) is 13.3. The summed E-state index contributed by atoms with van der Waals surface area (Å²) in [6.45, 7) is 3.96. The van der Waals surface area contributed by atoms with E-state index in [9.17, 15) is 8.42 Å². The third kappa shape index (κ3) is 3.69. The van der Waals surface area contributed by atoms with Crippen molar-refractivity contribution >= 4 is 21.4 Å². The van der Waals surface area contributed by atoms with Gasteiger partial charge in [0.25, 0.3) is 0 Å². The van der Waals surface area contributed by atoms with Crippen LogP contribution in [-0.2, 0) is 16.4 Å². The van der Waals surface area contributed by atoms with Crippen molar-refractivity contribution in [2.24, 2.45) is 0 Å². The van der Waals surface area contributed by atoms with Gasteiger partial charge in [0.1, 0.15) is 0 Å². The van der Waals surface area contributed by atoms with Crippen molar-refractivity contribution in [2.45, 2.75) is 37.6 Å². The van der Waals surface area contributed by atoms with Gasteiger partial charge in [0, 0.05) is 4.88 Å². The van der Waals surface area contributed by atoms with Gasteiger partial charge in [-0.15, -0.1) is 11.3 Å². The molecule has 0 radical (unpaired) electrons. The minimum Gasteiger partial charge on any atom is -0.207 e. The first kappa shape index (κ1) is 15.2. The lowest BCUT2D eigenvalue weighted by atomic mass is 10.1. The minimum absolute atomic E-state index is 0.213. The van der Waals surface area contributed by atoms with E-state index in [-0.39, 0.29) is 6.04 Å². The maximum absolute atomic E-state index is 12.3. The van der Waals surface area contributed by atoms with Crippen molar-refractivity contribution in [1.82, 2.24) is 4.72 Å². The fraction of sp³-hybridized carbons (Fsp3) is 0.333. The Labute approximate surface area is 124 Å². The van der Waals surface area contributed by atoms with E-state index in [1.807, 2.05) is 36.6 Å². The second-order valence-corrected chi connectivity index (χ2v) is 7.45. The molecule has 2 rings (SSSR count). The molecule has 1 aromatic carbocycles. The normalized spacial score (nSPS) is 13.3. The van der Waals surface area contributed by atoms with E-state index in [4.69, 9.17) is 0 Å². The van der Waals surface area contributed by atoms with Crippen LogP contribution in [0.4, 0.5) is 0 Å². The van der Waals surface area contributed by atoms with Gasteiger partial charge in [-0.25, -0.2) is 13.1 Å². The summed E-state index contributed by atoms with van der Waals surface area (Å²) in [6.07, 6.45) is 2.03. The molecule has 1 N–H and O–H groups in total. The summed E-state index contributed by atoms with van der Waals surface area (Å²) >= 11 is 1.55. The van der Waals surface area contributed by atoms with Crippen molar-refractivity contribution < 1.29 is 8.42 Å². The molecule has 20 heavy (non-hydrogen) atoms. The van der Waals surface area contributed by atoms with Crippen molar-refractivity contribution in [3.05, 3.63) is 52.2 Å². The smallest absolute Gasteiger partial charge is 0.207 e. The van der Waals surface area contributed by atoms with E-state index < -0.39 is 10.0 Å². The van der Waals surface area contributed by atoms with E-state index in [0.29, 0.717) is 4.90 Å². The molecule has 0 aliphatic carbocycles. The Morgan fingerprint density at radius 1 is 1.20 bits per heavy atom. The van der Waals surface area contributed by atoms with Crippen LogP contribution in [0.25, 0.3) is 0 Å². The molecule has 1 unspecified atom stereocenters. The van der Waals surface area contributed by atoms with Crippen LogP contribution in [0.2, 0.25) is 0 Å². The molecule has 0 fully saturated rings. The van der Waals surface area contributed by atoms with Crippen LogP contribution in [0.15, 0.2) is 46.7 Å². The second kappa shape index (κ2) is 6.52. The number of benzene rings is 1. The number of aryl methyl sites for hydroxylation is 1. The Hall–Kier alpha value is -1.17. The van der Waals surface area contributed by atoms with Gasteiger partial charge in [0.2, 0.25) is 10.0 Å². The largest absolute Gasteiger partial charge is 0.241 e. The van der Waals surface area contributed by atoms with Crippen molar-refractivity contribution in [2.75, 3.05) is 0 Å². The monoisotopic (exact) mass is 309 g/mol. The molecule has 0 spiro atoms. The number of sulfonamides is 1. The maximum Gasteiger partial charge on any atom is 0.241 e. The molecule has 1 aromatic heterocycles.